The number of halogens is 1. The Kier molecular flexibility index (Phi) is 10.8. The highest BCUT2D eigenvalue weighted by Gasteiger charge is 2.19. The van der Waals surface area contributed by atoms with Crippen molar-refractivity contribution in [2.45, 2.75) is 40.2 Å². The van der Waals surface area contributed by atoms with Crippen molar-refractivity contribution in [1.29, 1.82) is 0 Å². The first-order chi connectivity index (χ1) is 18.3. The second-order valence-corrected chi connectivity index (χ2v) is 10.5. The molecule has 0 radical (unpaired) electrons. The van der Waals surface area contributed by atoms with Gasteiger partial charge in [-0.25, -0.2) is 9.37 Å². The molecule has 3 aromatic carbocycles. The van der Waals surface area contributed by atoms with Gasteiger partial charge in [-0.05, 0) is 48.1 Å². The van der Waals surface area contributed by atoms with Crippen LogP contribution >= 0.6 is 11.3 Å². The number of thiazole rings is 1. The summed E-state index contributed by atoms with van der Waals surface area (Å²) in [4.78, 5) is 19.6. The van der Waals surface area contributed by atoms with Crippen molar-refractivity contribution in [3.63, 3.8) is 0 Å². The van der Waals surface area contributed by atoms with E-state index in [1.807, 2.05) is 49.4 Å². The third-order valence-corrected chi connectivity index (χ3v) is 6.84. The molecule has 0 saturated heterocycles. The number of anilines is 1. The molecule has 4 rings (SSSR count). The Hall–Kier alpha value is -3.77. The molecular formula is C32H35FN2O2S. The van der Waals surface area contributed by atoms with E-state index in [4.69, 9.17) is 4.98 Å². The van der Waals surface area contributed by atoms with Gasteiger partial charge < -0.3 is 10.0 Å². The molecule has 0 spiro atoms. The van der Waals surface area contributed by atoms with E-state index in [2.05, 4.69) is 37.5 Å². The van der Waals surface area contributed by atoms with Crippen molar-refractivity contribution in [2.24, 2.45) is 5.92 Å². The highest BCUT2D eigenvalue weighted by Crippen LogP contribution is 2.36. The first kappa shape index (κ1) is 28.8. The summed E-state index contributed by atoms with van der Waals surface area (Å²) in [5, 5.41) is 10.1. The molecule has 4 nitrogen and oxygen atoms in total. The van der Waals surface area contributed by atoms with Crippen molar-refractivity contribution >= 4 is 22.4 Å². The number of hydrogen-bond donors (Lipinski definition) is 1. The Morgan fingerprint density at radius 1 is 1.00 bits per heavy atom. The smallest absolute Gasteiger partial charge is 0.305 e. The van der Waals surface area contributed by atoms with Crippen LogP contribution in [0.25, 0.3) is 22.4 Å². The number of nitrogens with zero attached hydrogens (tertiary/aromatic N) is 2. The number of hydrogen-bond acceptors (Lipinski definition) is 4. The molecule has 0 amide bonds. The van der Waals surface area contributed by atoms with Crippen LogP contribution in [0.15, 0.2) is 91.5 Å². The number of allylic oxidation sites excluding steroid dienone is 1. The fraction of sp³-hybridized carbons (Fsp3) is 0.250. The lowest BCUT2D eigenvalue weighted by Gasteiger charge is -2.21. The molecule has 0 saturated carbocycles. The normalized spacial score (nSPS) is 10.6. The number of aromatic nitrogens is 1. The van der Waals surface area contributed by atoms with Gasteiger partial charge in [0, 0.05) is 23.5 Å². The van der Waals surface area contributed by atoms with Gasteiger partial charge in [-0.3, -0.25) is 4.79 Å². The van der Waals surface area contributed by atoms with Crippen molar-refractivity contribution in [2.75, 3.05) is 11.4 Å². The summed E-state index contributed by atoms with van der Waals surface area (Å²) in [6.07, 6.45) is 2.69. The SMILES string of the molecule is C=CC.CC(C)Cc1sc(N(CCC(=O)O)Cc2ccccc2)nc1-c1ccc(-c2ccc(F)cc2)cc1. The van der Waals surface area contributed by atoms with Gasteiger partial charge in [0.1, 0.15) is 5.82 Å². The molecule has 4 aromatic rings. The lowest BCUT2D eigenvalue weighted by atomic mass is 10.0. The first-order valence-corrected chi connectivity index (χ1v) is 13.6. The van der Waals surface area contributed by atoms with Gasteiger partial charge in [-0.2, -0.15) is 0 Å². The van der Waals surface area contributed by atoms with E-state index in [1.165, 1.54) is 17.0 Å². The van der Waals surface area contributed by atoms with Crippen molar-refractivity contribution in [3.05, 3.63) is 108 Å². The van der Waals surface area contributed by atoms with Gasteiger partial charge in [0.05, 0.1) is 12.1 Å². The van der Waals surface area contributed by atoms with Crippen molar-refractivity contribution < 1.29 is 14.3 Å². The molecule has 0 atom stereocenters. The quantitative estimate of drug-likeness (QED) is 0.209. The first-order valence-electron chi connectivity index (χ1n) is 12.7. The lowest BCUT2D eigenvalue weighted by molar-refractivity contribution is -0.136. The Bertz CT molecular complexity index is 1300. The Morgan fingerprint density at radius 2 is 1.55 bits per heavy atom. The molecule has 0 unspecified atom stereocenters. The Balaban J connectivity index is 0.00000127. The van der Waals surface area contributed by atoms with Crippen molar-refractivity contribution in [1.82, 2.24) is 4.98 Å². The molecule has 0 bridgehead atoms. The Morgan fingerprint density at radius 3 is 2.11 bits per heavy atom. The van der Waals surface area contributed by atoms with Crippen molar-refractivity contribution in [3.8, 4) is 22.4 Å². The van der Waals surface area contributed by atoms with Gasteiger partial charge in [-0.15, -0.1) is 17.9 Å². The molecule has 6 heteroatoms. The molecule has 1 heterocycles. The zero-order valence-electron chi connectivity index (χ0n) is 22.2. The third-order valence-electron chi connectivity index (χ3n) is 5.70. The number of carboxylic acid groups (broad SMARTS) is 1. The number of carboxylic acids is 1. The molecule has 1 aromatic heterocycles. The summed E-state index contributed by atoms with van der Waals surface area (Å²) >= 11 is 1.64. The zero-order valence-corrected chi connectivity index (χ0v) is 23.0. The molecule has 0 aliphatic rings. The van der Waals surface area contributed by atoms with Crippen LogP contribution < -0.4 is 4.90 Å². The van der Waals surface area contributed by atoms with E-state index in [-0.39, 0.29) is 12.2 Å². The summed E-state index contributed by atoms with van der Waals surface area (Å²) in [7, 11) is 0. The van der Waals surface area contributed by atoms with E-state index in [1.54, 1.807) is 29.5 Å². The van der Waals surface area contributed by atoms with Gasteiger partial charge in [0.2, 0.25) is 0 Å². The fourth-order valence-electron chi connectivity index (χ4n) is 3.95. The van der Waals surface area contributed by atoms with E-state index in [0.29, 0.717) is 19.0 Å². The highest BCUT2D eigenvalue weighted by molar-refractivity contribution is 7.16. The number of rotatable bonds is 10. The molecule has 38 heavy (non-hydrogen) atoms. The highest BCUT2D eigenvalue weighted by atomic mass is 32.1. The largest absolute Gasteiger partial charge is 0.481 e. The lowest BCUT2D eigenvalue weighted by Crippen LogP contribution is -2.25. The minimum atomic E-state index is -0.821. The van der Waals surface area contributed by atoms with Crippen LogP contribution in [0.1, 0.15) is 37.6 Å². The minimum absolute atomic E-state index is 0.0492. The summed E-state index contributed by atoms with van der Waals surface area (Å²) in [5.74, 6) is -0.609. The van der Waals surface area contributed by atoms with Gasteiger partial charge in [-0.1, -0.05) is 86.7 Å². The van der Waals surface area contributed by atoms with E-state index in [0.717, 1.165) is 39.5 Å². The maximum atomic E-state index is 13.3. The number of aliphatic carboxylic acids is 1. The second kappa shape index (κ2) is 14.2. The van der Waals surface area contributed by atoms with Gasteiger partial charge in [0.25, 0.3) is 0 Å². The fourth-order valence-corrected chi connectivity index (χ4v) is 5.27. The summed E-state index contributed by atoms with van der Waals surface area (Å²) in [5.41, 5.74) is 5.05. The van der Waals surface area contributed by atoms with Crippen LogP contribution in [0, 0.1) is 11.7 Å². The van der Waals surface area contributed by atoms with Crippen LogP contribution in [-0.4, -0.2) is 22.6 Å². The predicted molar refractivity (Wildman–Crippen MR) is 157 cm³/mol. The minimum Gasteiger partial charge on any atom is -0.481 e. The second-order valence-electron chi connectivity index (χ2n) is 9.41. The van der Waals surface area contributed by atoms with Crippen LogP contribution in [0.3, 0.4) is 0 Å². The maximum absolute atomic E-state index is 13.3. The van der Waals surface area contributed by atoms with Gasteiger partial charge >= 0.3 is 5.97 Å². The Labute approximate surface area is 229 Å². The predicted octanol–water partition coefficient (Wildman–Crippen LogP) is 8.49. The zero-order chi connectivity index (χ0) is 27.5. The summed E-state index contributed by atoms with van der Waals surface area (Å²) in [6, 6.07) is 24.7. The van der Waals surface area contributed by atoms with Crippen LogP contribution in [0.2, 0.25) is 0 Å². The van der Waals surface area contributed by atoms with Crippen LogP contribution in [0.4, 0.5) is 9.52 Å². The summed E-state index contributed by atoms with van der Waals surface area (Å²) < 4.78 is 13.3. The molecule has 1 N–H and O–H groups in total. The monoisotopic (exact) mass is 530 g/mol. The van der Waals surface area contributed by atoms with Gasteiger partial charge in [0.15, 0.2) is 5.13 Å². The number of benzene rings is 3. The average Bonchev–Trinajstić information content (AvgIpc) is 3.31. The molecule has 198 valence electrons. The molecule has 0 fully saturated rings. The average molecular weight is 531 g/mol. The third kappa shape index (κ3) is 8.38. The van der Waals surface area contributed by atoms with Crippen LogP contribution in [0.5, 0.6) is 0 Å². The topological polar surface area (TPSA) is 53.4 Å². The van der Waals surface area contributed by atoms with E-state index >= 15 is 0 Å². The summed E-state index contributed by atoms with van der Waals surface area (Å²) in [6.45, 7) is 10.6. The molecule has 0 aliphatic heterocycles. The molecular weight excluding hydrogens is 495 g/mol. The van der Waals surface area contributed by atoms with Crippen LogP contribution in [-0.2, 0) is 17.8 Å². The van der Waals surface area contributed by atoms with E-state index < -0.39 is 5.97 Å². The standard InChI is InChI=1S/C29H29FN2O2S.C3H6/c1-20(2)18-26-28(24-10-8-22(9-11-24)23-12-14-25(30)15-13-23)31-29(35-26)32(17-16-27(33)34)19-21-6-4-3-5-7-21;1-3-2/h3-15,20H,16-19H2,1-2H3,(H,33,34);3H,1H2,2H3. The number of carbonyl (C=O) groups is 1. The van der Waals surface area contributed by atoms with E-state index in [9.17, 15) is 14.3 Å². The molecule has 0 aliphatic carbocycles. The maximum Gasteiger partial charge on any atom is 0.305 e.